The second kappa shape index (κ2) is 12.8. The van der Waals surface area contributed by atoms with Crippen LogP contribution in [0.1, 0.15) is 49.0 Å². The number of nitrogens with zero attached hydrogens (tertiary/aromatic N) is 1. The van der Waals surface area contributed by atoms with E-state index in [2.05, 4.69) is 21.1 Å². The number of Topliss-reactive ketones (excluding diaryl/α,β-unsaturated/α-hetero) is 1. The molecule has 0 bridgehead atoms. The van der Waals surface area contributed by atoms with Gasteiger partial charge in [-0.1, -0.05) is 49.3 Å². The summed E-state index contributed by atoms with van der Waals surface area (Å²) in [7, 11) is 1.39. The Labute approximate surface area is 222 Å². The molecule has 3 N–H and O–H groups in total. The van der Waals surface area contributed by atoms with E-state index in [0.717, 1.165) is 5.56 Å². The first kappa shape index (κ1) is 29.0. The Morgan fingerprint density at radius 2 is 1.66 bits per heavy atom. The van der Waals surface area contributed by atoms with Gasteiger partial charge in [0.1, 0.15) is 17.7 Å². The van der Waals surface area contributed by atoms with Crippen LogP contribution in [0, 0.1) is 12.8 Å². The summed E-state index contributed by atoms with van der Waals surface area (Å²) in [5.74, 6) is -1.91. The number of carbonyl (C=O) groups excluding carboxylic acids is 4. The largest absolute Gasteiger partial charge is 0.382 e. The molecule has 11 nitrogen and oxygen atoms in total. The third-order valence-corrected chi connectivity index (χ3v) is 6.16. The molecule has 0 saturated carbocycles. The molecule has 0 radical (unpaired) electrons. The fraction of sp³-hybridized carbons (Fsp3) is 0.519. The van der Waals surface area contributed by atoms with Crippen LogP contribution < -0.4 is 16.0 Å². The van der Waals surface area contributed by atoms with Crippen molar-refractivity contribution in [3.63, 3.8) is 0 Å². The lowest BCUT2D eigenvalue weighted by molar-refractivity contribution is -0.133. The third kappa shape index (κ3) is 7.96. The van der Waals surface area contributed by atoms with Crippen LogP contribution in [0.15, 0.2) is 40.9 Å². The number of carbonyl (C=O) groups is 4. The van der Waals surface area contributed by atoms with Gasteiger partial charge in [0.2, 0.25) is 17.6 Å². The maximum Gasteiger partial charge on any atom is 0.290 e. The quantitative estimate of drug-likeness (QED) is 0.311. The zero-order valence-corrected chi connectivity index (χ0v) is 22.4. The first-order valence-corrected chi connectivity index (χ1v) is 12.6. The Morgan fingerprint density at radius 1 is 1.03 bits per heavy atom. The highest BCUT2D eigenvalue weighted by Gasteiger charge is 2.50. The van der Waals surface area contributed by atoms with E-state index in [1.807, 2.05) is 44.2 Å². The van der Waals surface area contributed by atoms with Gasteiger partial charge in [0.05, 0.1) is 24.9 Å². The molecule has 1 saturated heterocycles. The number of epoxide rings is 1. The smallest absolute Gasteiger partial charge is 0.290 e. The molecule has 3 rings (SSSR count). The Hall–Kier alpha value is -3.57. The number of ether oxygens (including phenoxy) is 2. The SMILES string of the molecule is COC[C@H](NC(=O)c1cc(C)no1)C(=O)N[C@@H](Cc1ccccc1)C(=O)N[C@@H](CC(C)C)C(=O)[C@@]1(C)CO1. The van der Waals surface area contributed by atoms with Gasteiger partial charge in [-0.05, 0) is 31.7 Å². The number of rotatable bonds is 14. The normalized spacial score (nSPS) is 18.8. The van der Waals surface area contributed by atoms with Crippen molar-refractivity contribution in [2.24, 2.45) is 5.92 Å². The van der Waals surface area contributed by atoms with Crippen molar-refractivity contribution in [2.75, 3.05) is 20.3 Å². The standard InChI is InChI=1S/C27H36N4O7/c1-16(2)11-19(23(32)27(4)15-37-27)28-24(33)20(13-18-9-7-6-8-10-18)29-25(34)21(14-36-5)30-26(35)22-12-17(3)31-38-22/h6-10,12,16,19-21H,11,13-15H2,1-5H3,(H,28,33)(H,29,34)(H,30,35)/t19-,20-,21-,27+/m0/s1. The van der Waals surface area contributed by atoms with Crippen molar-refractivity contribution in [1.29, 1.82) is 0 Å². The number of aryl methyl sites for hydroxylation is 1. The summed E-state index contributed by atoms with van der Waals surface area (Å²) in [4.78, 5) is 52.4. The molecule has 0 aliphatic carbocycles. The molecule has 38 heavy (non-hydrogen) atoms. The summed E-state index contributed by atoms with van der Waals surface area (Å²) in [6, 6.07) is 7.71. The average Bonchev–Trinajstić information content (AvgIpc) is 3.48. The predicted octanol–water partition coefficient (Wildman–Crippen LogP) is 1.34. The fourth-order valence-corrected chi connectivity index (χ4v) is 3.98. The second-order valence-electron chi connectivity index (χ2n) is 10.1. The lowest BCUT2D eigenvalue weighted by Crippen LogP contribution is -2.58. The lowest BCUT2D eigenvalue weighted by atomic mass is 9.93. The molecule has 0 spiro atoms. The van der Waals surface area contributed by atoms with Gasteiger partial charge in [-0.2, -0.15) is 0 Å². The Morgan fingerprint density at radius 3 is 2.21 bits per heavy atom. The van der Waals surface area contributed by atoms with E-state index in [0.29, 0.717) is 18.7 Å². The van der Waals surface area contributed by atoms with Gasteiger partial charge in [-0.25, -0.2) is 0 Å². The summed E-state index contributed by atoms with van der Waals surface area (Å²) in [5, 5.41) is 11.8. The van der Waals surface area contributed by atoms with Crippen LogP contribution in [0.2, 0.25) is 0 Å². The molecule has 2 aromatic rings. The van der Waals surface area contributed by atoms with Gasteiger partial charge < -0.3 is 29.9 Å². The van der Waals surface area contributed by atoms with Crippen LogP contribution in [0.5, 0.6) is 0 Å². The highest BCUT2D eigenvalue weighted by molar-refractivity contribution is 5.99. The van der Waals surface area contributed by atoms with Crippen LogP contribution in [0.4, 0.5) is 0 Å². The number of benzene rings is 1. The van der Waals surface area contributed by atoms with Gasteiger partial charge in [0.15, 0.2) is 5.78 Å². The fourth-order valence-electron chi connectivity index (χ4n) is 3.98. The average molecular weight is 529 g/mol. The summed E-state index contributed by atoms with van der Waals surface area (Å²) in [5.41, 5.74) is 0.415. The lowest BCUT2D eigenvalue weighted by Gasteiger charge is -2.26. The van der Waals surface area contributed by atoms with Crippen molar-refractivity contribution >= 4 is 23.5 Å². The van der Waals surface area contributed by atoms with Crippen LogP contribution >= 0.6 is 0 Å². The summed E-state index contributed by atoms with van der Waals surface area (Å²) in [6.45, 7) is 7.45. The van der Waals surface area contributed by atoms with Gasteiger partial charge in [-0.3, -0.25) is 19.2 Å². The minimum atomic E-state index is -1.11. The molecule has 1 aliphatic heterocycles. The van der Waals surface area contributed by atoms with Crippen LogP contribution in [0.3, 0.4) is 0 Å². The molecule has 3 amide bonds. The molecule has 1 aromatic heterocycles. The maximum atomic E-state index is 13.5. The summed E-state index contributed by atoms with van der Waals surface area (Å²) in [6.07, 6.45) is 0.595. The molecule has 2 heterocycles. The van der Waals surface area contributed by atoms with Crippen molar-refractivity contribution in [3.05, 3.63) is 53.4 Å². The first-order chi connectivity index (χ1) is 18.0. The Balaban J connectivity index is 1.78. The topological polar surface area (TPSA) is 152 Å². The van der Waals surface area contributed by atoms with Gasteiger partial charge in [0, 0.05) is 19.6 Å². The minimum Gasteiger partial charge on any atom is -0.382 e. The van der Waals surface area contributed by atoms with Crippen LogP contribution in [0.25, 0.3) is 0 Å². The number of amides is 3. The Bertz CT molecular complexity index is 1130. The zero-order chi connectivity index (χ0) is 27.9. The highest BCUT2D eigenvalue weighted by Crippen LogP contribution is 2.29. The van der Waals surface area contributed by atoms with E-state index in [1.165, 1.54) is 13.2 Å². The Kier molecular flexibility index (Phi) is 9.76. The number of ketones is 1. The van der Waals surface area contributed by atoms with E-state index in [1.54, 1.807) is 13.8 Å². The van der Waals surface area contributed by atoms with Gasteiger partial charge in [-0.15, -0.1) is 0 Å². The van der Waals surface area contributed by atoms with Crippen LogP contribution in [-0.2, 0) is 30.3 Å². The van der Waals surface area contributed by atoms with E-state index in [-0.39, 0.29) is 30.5 Å². The van der Waals surface area contributed by atoms with Crippen molar-refractivity contribution < 1.29 is 33.2 Å². The number of hydrogen-bond acceptors (Lipinski definition) is 8. The highest BCUT2D eigenvalue weighted by atomic mass is 16.6. The summed E-state index contributed by atoms with van der Waals surface area (Å²) < 4.78 is 15.4. The number of nitrogens with one attached hydrogen (secondary N) is 3. The van der Waals surface area contributed by atoms with E-state index >= 15 is 0 Å². The third-order valence-electron chi connectivity index (χ3n) is 6.16. The van der Waals surface area contributed by atoms with E-state index in [9.17, 15) is 19.2 Å². The summed E-state index contributed by atoms with van der Waals surface area (Å²) >= 11 is 0. The van der Waals surface area contributed by atoms with Gasteiger partial charge >= 0.3 is 0 Å². The molecule has 0 unspecified atom stereocenters. The zero-order valence-electron chi connectivity index (χ0n) is 22.4. The number of methoxy groups -OCH3 is 1. The molecule has 4 atom stereocenters. The van der Waals surface area contributed by atoms with Crippen molar-refractivity contribution in [2.45, 2.75) is 64.3 Å². The van der Waals surface area contributed by atoms with Crippen molar-refractivity contribution in [3.8, 4) is 0 Å². The maximum absolute atomic E-state index is 13.5. The van der Waals surface area contributed by atoms with Crippen molar-refractivity contribution in [1.82, 2.24) is 21.1 Å². The molecule has 11 heteroatoms. The predicted molar refractivity (Wildman–Crippen MR) is 137 cm³/mol. The monoisotopic (exact) mass is 528 g/mol. The molecule has 1 aromatic carbocycles. The van der Waals surface area contributed by atoms with Gasteiger partial charge in [0.25, 0.3) is 5.91 Å². The van der Waals surface area contributed by atoms with E-state index in [4.69, 9.17) is 14.0 Å². The molecule has 1 fully saturated rings. The minimum absolute atomic E-state index is 0.0548. The number of aromatic nitrogens is 1. The molecular formula is C27H36N4O7. The number of hydrogen-bond donors (Lipinski definition) is 3. The molecule has 1 aliphatic rings. The first-order valence-electron chi connectivity index (χ1n) is 12.6. The molecular weight excluding hydrogens is 492 g/mol. The molecule has 206 valence electrons. The van der Waals surface area contributed by atoms with E-state index < -0.39 is 41.4 Å². The van der Waals surface area contributed by atoms with Crippen LogP contribution in [-0.4, -0.2) is 72.7 Å². The second-order valence-corrected chi connectivity index (χ2v) is 10.1.